The molecule has 0 heterocycles. The Balaban J connectivity index is 1.55. The van der Waals surface area contributed by atoms with Gasteiger partial charge >= 0.3 is 5.97 Å². The number of carbonyl (C=O) groups is 2. The summed E-state index contributed by atoms with van der Waals surface area (Å²) in [5, 5.41) is 0. The van der Waals surface area contributed by atoms with Crippen LogP contribution >= 0.6 is 0 Å². The average Bonchev–Trinajstić information content (AvgIpc) is 2.81. The minimum atomic E-state index is -0.641. The van der Waals surface area contributed by atoms with Gasteiger partial charge < -0.3 is 18.9 Å². The molecule has 30 heavy (non-hydrogen) atoms. The fourth-order valence-electron chi connectivity index (χ4n) is 2.75. The Morgan fingerprint density at radius 1 is 0.700 bits per heavy atom. The minimum Gasteiger partial charge on any atom is -0.496 e. The molecule has 0 saturated carbocycles. The quantitative estimate of drug-likeness (QED) is 0.286. The van der Waals surface area contributed by atoms with Crippen molar-refractivity contribution in [3.8, 4) is 17.2 Å². The lowest BCUT2D eigenvalue weighted by molar-refractivity contribution is 0.0469. The molecule has 6 nitrogen and oxygen atoms in total. The molecule has 0 fully saturated rings. The fraction of sp³-hybridized carbons (Fsp3) is 0.167. The van der Waals surface area contributed by atoms with Crippen LogP contribution in [0, 0.1) is 0 Å². The number of methoxy groups -OCH3 is 1. The molecule has 3 rings (SSSR count). The van der Waals surface area contributed by atoms with Crippen LogP contribution in [0.3, 0.4) is 0 Å². The van der Waals surface area contributed by atoms with E-state index >= 15 is 0 Å². The molecule has 0 atom stereocenters. The monoisotopic (exact) mass is 406 g/mol. The van der Waals surface area contributed by atoms with Gasteiger partial charge in [-0.2, -0.15) is 0 Å². The maximum Gasteiger partial charge on any atom is 0.342 e. The molecule has 6 heteroatoms. The zero-order valence-corrected chi connectivity index (χ0v) is 16.6. The standard InChI is InChI=1S/C24H22O6/c1-27-22-13-7-5-11-19(22)21(25)17-30-24(26)20-12-6-8-14-23(20)29-16-15-28-18-9-3-2-4-10-18/h2-14H,15-17H2,1H3. The van der Waals surface area contributed by atoms with Gasteiger partial charge in [-0.25, -0.2) is 4.79 Å². The van der Waals surface area contributed by atoms with Crippen molar-refractivity contribution in [1.82, 2.24) is 0 Å². The summed E-state index contributed by atoms with van der Waals surface area (Å²) in [5.41, 5.74) is 0.598. The van der Waals surface area contributed by atoms with Gasteiger partial charge in [0.25, 0.3) is 0 Å². The van der Waals surface area contributed by atoms with Crippen molar-refractivity contribution in [3.63, 3.8) is 0 Å². The summed E-state index contributed by atoms with van der Waals surface area (Å²) < 4.78 is 21.6. The van der Waals surface area contributed by atoms with E-state index in [1.807, 2.05) is 30.3 Å². The van der Waals surface area contributed by atoms with Gasteiger partial charge in [0.2, 0.25) is 5.78 Å². The van der Waals surface area contributed by atoms with Crippen LogP contribution in [0.4, 0.5) is 0 Å². The van der Waals surface area contributed by atoms with Crippen molar-refractivity contribution >= 4 is 11.8 Å². The van der Waals surface area contributed by atoms with Gasteiger partial charge in [-0.1, -0.05) is 42.5 Å². The van der Waals surface area contributed by atoms with Gasteiger partial charge in [0.05, 0.1) is 12.7 Å². The van der Waals surface area contributed by atoms with Crippen molar-refractivity contribution in [2.45, 2.75) is 0 Å². The lowest BCUT2D eigenvalue weighted by Gasteiger charge is -2.12. The zero-order valence-electron chi connectivity index (χ0n) is 16.6. The predicted octanol–water partition coefficient (Wildman–Crippen LogP) is 4.19. The molecule has 0 N–H and O–H groups in total. The van der Waals surface area contributed by atoms with E-state index in [0.717, 1.165) is 5.75 Å². The molecular weight excluding hydrogens is 384 g/mol. The number of esters is 1. The van der Waals surface area contributed by atoms with E-state index in [4.69, 9.17) is 18.9 Å². The second-order valence-electron chi connectivity index (χ2n) is 6.21. The summed E-state index contributed by atoms with van der Waals surface area (Å²) in [6.45, 7) is 0.170. The summed E-state index contributed by atoms with van der Waals surface area (Å²) in [5.74, 6) is 0.543. The first-order valence-electron chi connectivity index (χ1n) is 9.42. The number of rotatable bonds is 10. The number of hydrogen-bond donors (Lipinski definition) is 0. The van der Waals surface area contributed by atoms with Gasteiger partial charge in [-0.15, -0.1) is 0 Å². The Bertz CT molecular complexity index is 984. The topological polar surface area (TPSA) is 71.1 Å². The maximum absolute atomic E-state index is 12.5. The first-order valence-corrected chi connectivity index (χ1v) is 9.42. The maximum atomic E-state index is 12.5. The lowest BCUT2D eigenvalue weighted by atomic mass is 10.1. The highest BCUT2D eigenvalue weighted by Gasteiger charge is 2.17. The van der Waals surface area contributed by atoms with E-state index in [0.29, 0.717) is 23.7 Å². The molecule has 0 radical (unpaired) electrons. The number of benzene rings is 3. The van der Waals surface area contributed by atoms with Gasteiger partial charge in [-0.05, 0) is 36.4 Å². The molecule has 3 aromatic carbocycles. The highest BCUT2D eigenvalue weighted by atomic mass is 16.5. The molecule has 0 spiro atoms. The van der Waals surface area contributed by atoms with Crippen molar-refractivity contribution in [2.24, 2.45) is 0 Å². The molecule has 154 valence electrons. The van der Waals surface area contributed by atoms with Crippen molar-refractivity contribution < 1.29 is 28.5 Å². The molecule has 0 aliphatic heterocycles. The third-order valence-corrected chi connectivity index (χ3v) is 4.20. The summed E-state index contributed by atoms with van der Waals surface area (Å²) in [6, 6.07) is 22.9. The van der Waals surface area contributed by atoms with E-state index in [-0.39, 0.29) is 18.0 Å². The predicted molar refractivity (Wildman–Crippen MR) is 111 cm³/mol. The van der Waals surface area contributed by atoms with Crippen LogP contribution in [-0.2, 0) is 4.74 Å². The molecule has 0 aliphatic carbocycles. The second-order valence-corrected chi connectivity index (χ2v) is 6.21. The van der Waals surface area contributed by atoms with Crippen LogP contribution in [0.25, 0.3) is 0 Å². The molecule has 0 unspecified atom stereocenters. The van der Waals surface area contributed by atoms with Crippen molar-refractivity contribution in [3.05, 3.63) is 90.0 Å². The lowest BCUT2D eigenvalue weighted by Crippen LogP contribution is -2.16. The normalized spacial score (nSPS) is 10.2. The highest BCUT2D eigenvalue weighted by Crippen LogP contribution is 2.21. The number of Topliss-reactive ketones (excluding diaryl/α,β-unsaturated/α-hetero) is 1. The Hall–Kier alpha value is -3.80. The summed E-state index contributed by atoms with van der Waals surface area (Å²) in [4.78, 5) is 24.9. The number of ether oxygens (including phenoxy) is 4. The third kappa shape index (κ3) is 5.61. The summed E-state index contributed by atoms with van der Waals surface area (Å²) in [7, 11) is 1.48. The van der Waals surface area contributed by atoms with Crippen LogP contribution in [0.15, 0.2) is 78.9 Å². The highest BCUT2D eigenvalue weighted by molar-refractivity contribution is 6.01. The van der Waals surface area contributed by atoms with Crippen molar-refractivity contribution in [1.29, 1.82) is 0 Å². The number of para-hydroxylation sites is 3. The SMILES string of the molecule is COc1ccccc1C(=O)COC(=O)c1ccccc1OCCOc1ccccc1. The number of ketones is 1. The number of hydrogen-bond acceptors (Lipinski definition) is 6. The van der Waals surface area contributed by atoms with Gasteiger partial charge in [-0.3, -0.25) is 4.79 Å². The molecule has 0 aliphatic rings. The van der Waals surface area contributed by atoms with E-state index in [2.05, 4.69) is 0 Å². The van der Waals surface area contributed by atoms with Crippen LogP contribution < -0.4 is 14.2 Å². The summed E-state index contributed by atoms with van der Waals surface area (Å²) in [6.07, 6.45) is 0. The minimum absolute atomic E-state index is 0.241. The molecule has 0 amide bonds. The van der Waals surface area contributed by atoms with E-state index < -0.39 is 12.6 Å². The largest absolute Gasteiger partial charge is 0.496 e. The van der Waals surface area contributed by atoms with Crippen molar-refractivity contribution in [2.75, 3.05) is 26.9 Å². The Morgan fingerprint density at radius 3 is 2.03 bits per heavy atom. The van der Waals surface area contributed by atoms with E-state index in [9.17, 15) is 9.59 Å². The third-order valence-electron chi connectivity index (χ3n) is 4.20. The Kier molecular flexibility index (Phi) is 7.44. The molecule has 0 saturated heterocycles. The van der Waals surface area contributed by atoms with Gasteiger partial charge in [0.1, 0.15) is 36.0 Å². The molecule has 3 aromatic rings. The first kappa shape index (κ1) is 20.9. The molecule has 0 bridgehead atoms. The van der Waals surface area contributed by atoms with Crippen LogP contribution in [0.5, 0.6) is 17.2 Å². The first-order chi connectivity index (χ1) is 14.7. The molecular formula is C24H22O6. The Morgan fingerprint density at radius 2 is 1.30 bits per heavy atom. The van der Waals surface area contributed by atoms with Crippen LogP contribution in [0.1, 0.15) is 20.7 Å². The smallest absolute Gasteiger partial charge is 0.342 e. The second kappa shape index (κ2) is 10.7. The zero-order chi connectivity index (χ0) is 21.2. The Labute approximate surface area is 175 Å². The van der Waals surface area contributed by atoms with E-state index in [1.54, 1.807) is 48.5 Å². The fourth-order valence-corrected chi connectivity index (χ4v) is 2.75. The van der Waals surface area contributed by atoms with Crippen LogP contribution in [0.2, 0.25) is 0 Å². The van der Waals surface area contributed by atoms with Gasteiger partial charge in [0, 0.05) is 0 Å². The van der Waals surface area contributed by atoms with E-state index in [1.165, 1.54) is 7.11 Å². The number of carbonyl (C=O) groups excluding carboxylic acids is 2. The molecule has 0 aromatic heterocycles. The average molecular weight is 406 g/mol. The van der Waals surface area contributed by atoms with Crippen LogP contribution in [-0.4, -0.2) is 38.7 Å². The van der Waals surface area contributed by atoms with Gasteiger partial charge in [0.15, 0.2) is 6.61 Å². The summed E-state index contributed by atoms with van der Waals surface area (Å²) >= 11 is 0.